The van der Waals surface area contributed by atoms with Gasteiger partial charge in [0.1, 0.15) is 5.75 Å². The zero-order valence-corrected chi connectivity index (χ0v) is 8.51. The van der Waals surface area contributed by atoms with Gasteiger partial charge in [0.15, 0.2) is 0 Å². The minimum Gasteiger partial charge on any atom is -0.497 e. The Hall–Kier alpha value is -0.930. The first kappa shape index (κ1) is 10.2. The smallest absolute Gasteiger partial charge is 0.120 e. The van der Waals surface area contributed by atoms with E-state index in [9.17, 15) is 0 Å². The average Bonchev–Trinajstić information content (AvgIpc) is 2.16. The maximum Gasteiger partial charge on any atom is 0.120 e. The summed E-state index contributed by atoms with van der Waals surface area (Å²) in [5.74, 6) is 0.749. The summed E-state index contributed by atoms with van der Waals surface area (Å²) in [6.07, 6.45) is 0. The molecule has 0 aliphatic heterocycles. The van der Waals surface area contributed by atoms with E-state index < -0.39 is 0 Å². The molecule has 0 radical (unpaired) electrons. The first-order valence-corrected chi connectivity index (χ1v) is 4.31. The normalized spacial score (nSPS) is 9.85. The summed E-state index contributed by atoms with van der Waals surface area (Å²) in [4.78, 5) is 1.86. The van der Waals surface area contributed by atoms with E-state index in [1.807, 2.05) is 24.1 Å². The lowest BCUT2D eigenvalue weighted by Crippen LogP contribution is -2.25. The monoisotopic (exact) mass is 200 g/mol. The molecule has 0 atom stereocenters. The highest BCUT2D eigenvalue weighted by molar-refractivity contribution is 6.33. The van der Waals surface area contributed by atoms with Crippen LogP contribution >= 0.6 is 11.6 Å². The zero-order chi connectivity index (χ0) is 9.84. The van der Waals surface area contributed by atoms with Crippen LogP contribution < -0.4 is 15.4 Å². The third kappa shape index (κ3) is 2.26. The van der Waals surface area contributed by atoms with Gasteiger partial charge in [-0.15, -0.1) is 0 Å². The fourth-order valence-corrected chi connectivity index (χ4v) is 1.34. The largest absolute Gasteiger partial charge is 0.497 e. The van der Waals surface area contributed by atoms with Crippen molar-refractivity contribution < 1.29 is 4.74 Å². The van der Waals surface area contributed by atoms with Crippen molar-refractivity contribution in [2.75, 3.05) is 25.7 Å². The fraction of sp³-hybridized carbons (Fsp3) is 0.333. The Labute approximate surface area is 83.0 Å². The third-order valence-electron chi connectivity index (χ3n) is 1.84. The van der Waals surface area contributed by atoms with Crippen LogP contribution in [0, 0.1) is 0 Å². The number of anilines is 1. The van der Waals surface area contributed by atoms with Gasteiger partial charge >= 0.3 is 0 Å². The van der Waals surface area contributed by atoms with Crippen LogP contribution in [0.5, 0.6) is 5.75 Å². The van der Waals surface area contributed by atoms with E-state index in [1.165, 1.54) is 0 Å². The number of nitrogens with zero attached hydrogens (tertiary/aromatic N) is 1. The number of ether oxygens (including phenoxy) is 1. The van der Waals surface area contributed by atoms with Gasteiger partial charge in [0, 0.05) is 13.1 Å². The van der Waals surface area contributed by atoms with Crippen LogP contribution in [0.25, 0.3) is 0 Å². The van der Waals surface area contributed by atoms with Gasteiger partial charge in [-0.3, -0.25) is 0 Å². The molecule has 0 heterocycles. The van der Waals surface area contributed by atoms with Crippen molar-refractivity contribution in [3.8, 4) is 5.75 Å². The van der Waals surface area contributed by atoms with Crippen LogP contribution in [-0.4, -0.2) is 20.8 Å². The van der Waals surface area contributed by atoms with Crippen molar-refractivity contribution in [2.45, 2.75) is 0 Å². The lowest BCUT2D eigenvalue weighted by molar-refractivity contribution is 0.415. The topological polar surface area (TPSA) is 38.5 Å². The van der Waals surface area contributed by atoms with Crippen molar-refractivity contribution in [1.82, 2.24) is 0 Å². The summed E-state index contributed by atoms with van der Waals surface area (Å²) < 4.78 is 5.03. The fourth-order valence-electron chi connectivity index (χ4n) is 1.02. The van der Waals surface area contributed by atoms with Crippen molar-refractivity contribution >= 4 is 17.3 Å². The van der Waals surface area contributed by atoms with Crippen LogP contribution in [0.2, 0.25) is 5.02 Å². The lowest BCUT2D eigenvalue weighted by atomic mass is 10.3. The van der Waals surface area contributed by atoms with Crippen LogP contribution in [0.4, 0.5) is 5.69 Å². The molecule has 1 rings (SSSR count). The molecule has 1 aromatic carbocycles. The Morgan fingerprint density at radius 2 is 2.23 bits per heavy atom. The molecule has 1 aromatic rings. The highest BCUT2D eigenvalue weighted by Crippen LogP contribution is 2.28. The molecule has 0 aromatic heterocycles. The van der Waals surface area contributed by atoms with E-state index in [0.29, 0.717) is 11.7 Å². The SMILES string of the molecule is COc1ccc(N(C)CN)c(Cl)c1. The lowest BCUT2D eigenvalue weighted by Gasteiger charge is -2.18. The Morgan fingerprint density at radius 1 is 1.54 bits per heavy atom. The van der Waals surface area contributed by atoms with Crippen LogP contribution in [0.1, 0.15) is 0 Å². The second-order valence-electron chi connectivity index (χ2n) is 2.70. The second-order valence-corrected chi connectivity index (χ2v) is 3.11. The second kappa shape index (κ2) is 4.35. The molecule has 3 nitrogen and oxygen atoms in total. The molecule has 13 heavy (non-hydrogen) atoms. The van der Waals surface area contributed by atoms with E-state index >= 15 is 0 Å². The summed E-state index contributed by atoms with van der Waals surface area (Å²) in [5.41, 5.74) is 6.39. The summed E-state index contributed by atoms with van der Waals surface area (Å²) in [6, 6.07) is 5.50. The number of hydrogen-bond acceptors (Lipinski definition) is 3. The number of nitrogens with two attached hydrogens (primary N) is 1. The summed E-state index contributed by atoms with van der Waals surface area (Å²) in [7, 11) is 3.49. The average molecular weight is 201 g/mol. The van der Waals surface area contributed by atoms with Crippen molar-refractivity contribution in [3.63, 3.8) is 0 Å². The Bertz CT molecular complexity index is 291. The van der Waals surface area contributed by atoms with E-state index in [0.717, 1.165) is 11.4 Å². The number of rotatable bonds is 3. The number of methoxy groups -OCH3 is 1. The molecule has 0 bridgehead atoms. The molecule has 0 fully saturated rings. The summed E-state index contributed by atoms with van der Waals surface area (Å²) >= 11 is 6.00. The molecule has 0 aliphatic rings. The molecule has 0 saturated heterocycles. The van der Waals surface area contributed by atoms with Crippen LogP contribution in [0.3, 0.4) is 0 Å². The van der Waals surface area contributed by atoms with Gasteiger partial charge < -0.3 is 15.4 Å². The van der Waals surface area contributed by atoms with Gasteiger partial charge in [0.25, 0.3) is 0 Å². The molecule has 0 unspecified atom stereocenters. The summed E-state index contributed by atoms with van der Waals surface area (Å²) in [6.45, 7) is 0.437. The minimum absolute atomic E-state index is 0.437. The van der Waals surface area contributed by atoms with E-state index in [1.54, 1.807) is 13.2 Å². The van der Waals surface area contributed by atoms with Gasteiger partial charge in [0.05, 0.1) is 24.5 Å². The molecular formula is C9H13ClN2O. The molecular weight excluding hydrogens is 188 g/mol. The highest BCUT2D eigenvalue weighted by Gasteiger charge is 2.04. The quantitative estimate of drug-likeness (QED) is 0.755. The van der Waals surface area contributed by atoms with Gasteiger partial charge in [-0.05, 0) is 12.1 Å². The molecule has 0 saturated carbocycles. The Kier molecular flexibility index (Phi) is 3.39. The third-order valence-corrected chi connectivity index (χ3v) is 2.14. The predicted octanol–water partition coefficient (Wildman–Crippen LogP) is 1.70. The maximum atomic E-state index is 6.00. The van der Waals surface area contributed by atoms with Gasteiger partial charge in [0.2, 0.25) is 0 Å². The van der Waals surface area contributed by atoms with Crippen LogP contribution in [-0.2, 0) is 0 Å². The number of benzene rings is 1. The molecule has 72 valence electrons. The van der Waals surface area contributed by atoms with Crippen molar-refractivity contribution in [1.29, 1.82) is 0 Å². The predicted molar refractivity (Wildman–Crippen MR) is 55.5 cm³/mol. The highest BCUT2D eigenvalue weighted by atomic mass is 35.5. The maximum absolute atomic E-state index is 6.00. The van der Waals surface area contributed by atoms with E-state index in [-0.39, 0.29) is 0 Å². The standard InChI is InChI=1S/C9H13ClN2O/c1-12(6-11)9-4-3-7(13-2)5-8(9)10/h3-5H,6,11H2,1-2H3. The molecule has 0 spiro atoms. The van der Waals surface area contributed by atoms with Crippen molar-refractivity contribution in [3.05, 3.63) is 23.2 Å². The summed E-state index contributed by atoms with van der Waals surface area (Å²) in [5, 5.41) is 0.646. The van der Waals surface area contributed by atoms with Crippen molar-refractivity contribution in [2.24, 2.45) is 5.73 Å². The Balaban J connectivity index is 2.98. The first-order valence-electron chi connectivity index (χ1n) is 3.93. The van der Waals surface area contributed by atoms with Crippen LogP contribution in [0.15, 0.2) is 18.2 Å². The minimum atomic E-state index is 0.437. The van der Waals surface area contributed by atoms with Gasteiger partial charge in [-0.2, -0.15) is 0 Å². The van der Waals surface area contributed by atoms with Gasteiger partial charge in [-0.1, -0.05) is 11.6 Å². The first-order chi connectivity index (χ1) is 6.19. The molecule has 4 heteroatoms. The molecule has 0 amide bonds. The van der Waals surface area contributed by atoms with E-state index in [4.69, 9.17) is 22.1 Å². The number of hydrogen-bond donors (Lipinski definition) is 1. The molecule has 0 aliphatic carbocycles. The number of halogens is 1. The zero-order valence-electron chi connectivity index (χ0n) is 7.75. The van der Waals surface area contributed by atoms with Gasteiger partial charge in [-0.25, -0.2) is 0 Å². The molecule has 2 N–H and O–H groups in total. The van der Waals surface area contributed by atoms with E-state index in [2.05, 4.69) is 0 Å². The Morgan fingerprint density at radius 3 is 2.69 bits per heavy atom.